The molecule has 2 aromatic carbocycles. The number of nitrogens with zero attached hydrogens (tertiary/aromatic N) is 2. The summed E-state index contributed by atoms with van der Waals surface area (Å²) in [6.45, 7) is 1.13. The number of carbonyl (C=O) groups excluding carboxylic acids is 1. The molecule has 154 valence electrons. The summed E-state index contributed by atoms with van der Waals surface area (Å²) in [7, 11) is -1.73. The van der Waals surface area contributed by atoms with Crippen molar-refractivity contribution in [2.45, 2.75) is 19.4 Å². The average molecular weight is 433 g/mol. The van der Waals surface area contributed by atoms with Crippen LogP contribution in [0.25, 0.3) is 6.08 Å². The summed E-state index contributed by atoms with van der Waals surface area (Å²) >= 11 is 6.18. The molecule has 7 heteroatoms. The minimum Gasteiger partial charge on any atom is -0.341 e. The first-order valence-corrected chi connectivity index (χ1v) is 11.5. The maximum atomic E-state index is 12.8. The van der Waals surface area contributed by atoms with Gasteiger partial charge in [0.05, 0.1) is 0 Å². The van der Waals surface area contributed by atoms with Crippen LogP contribution in [-0.2, 0) is 21.4 Å². The highest BCUT2D eigenvalue weighted by Crippen LogP contribution is 2.24. The quantitative estimate of drug-likeness (QED) is 0.692. The van der Waals surface area contributed by atoms with E-state index in [-0.39, 0.29) is 11.8 Å². The molecule has 0 N–H and O–H groups in total. The summed E-state index contributed by atoms with van der Waals surface area (Å²) in [5, 5.41) is 1.88. The van der Waals surface area contributed by atoms with Crippen LogP contribution in [0.3, 0.4) is 0 Å². The normalized spacial score (nSPS) is 16.2. The highest BCUT2D eigenvalue weighted by molar-refractivity contribution is 7.92. The van der Waals surface area contributed by atoms with Gasteiger partial charge < -0.3 is 4.90 Å². The van der Waals surface area contributed by atoms with Crippen LogP contribution in [0, 0.1) is 5.92 Å². The van der Waals surface area contributed by atoms with Crippen LogP contribution >= 0.6 is 11.6 Å². The Labute approximate surface area is 177 Å². The molecule has 1 amide bonds. The van der Waals surface area contributed by atoms with E-state index in [4.69, 9.17) is 11.6 Å². The summed E-state index contributed by atoms with van der Waals surface area (Å²) in [6, 6.07) is 16.8. The Hall–Kier alpha value is -2.15. The molecular formula is C22H25ClN2O3S. The smallest absolute Gasteiger partial charge is 0.236 e. The molecular weight excluding hydrogens is 408 g/mol. The van der Waals surface area contributed by atoms with Gasteiger partial charge in [0.1, 0.15) is 0 Å². The molecule has 1 heterocycles. The number of hydrogen-bond donors (Lipinski definition) is 0. The maximum Gasteiger partial charge on any atom is 0.236 e. The van der Waals surface area contributed by atoms with Gasteiger partial charge >= 0.3 is 0 Å². The second kappa shape index (κ2) is 9.57. The van der Waals surface area contributed by atoms with E-state index in [0.29, 0.717) is 37.5 Å². The Morgan fingerprint density at radius 3 is 2.38 bits per heavy atom. The van der Waals surface area contributed by atoms with Crippen molar-refractivity contribution in [3.63, 3.8) is 0 Å². The third-order valence-corrected chi connectivity index (χ3v) is 7.07. The molecule has 0 saturated carbocycles. The Balaban J connectivity index is 1.56. The van der Waals surface area contributed by atoms with E-state index in [2.05, 4.69) is 0 Å². The van der Waals surface area contributed by atoms with E-state index < -0.39 is 10.0 Å². The van der Waals surface area contributed by atoms with Crippen LogP contribution < -0.4 is 0 Å². The molecule has 0 aliphatic carbocycles. The number of halogens is 1. The average Bonchev–Trinajstić information content (AvgIpc) is 2.74. The summed E-state index contributed by atoms with van der Waals surface area (Å²) in [4.78, 5) is 14.5. The number of hydrogen-bond acceptors (Lipinski definition) is 3. The van der Waals surface area contributed by atoms with Gasteiger partial charge in [-0.15, -0.1) is 0 Å². The maximum absolute atomic E-state index is 12.8. The molecule has 0 atom stereocenters. The van der Waals surface area contributed by atoms with E-state index in [0.717, 1.165) is 11.1 Å². The Bertz CT molecular complexity index is 969. The highest BCUT2D eigenvalue weighted by atomic mass is 35.5. The van der Waals surface area contributed by atoms with Crippen molar-refractivity contribution in [2.24, 2.45) is 5.92 Å². The Kier molecular flexibility index (Phi) is 7.11. The summed E-state index contributed by atoms with van der Waals surface area (Å²) in [5.41, 5.74) is 1.73. The van der Waals surface area contributed by atoms with Crippen molar-refractivity contribution in [2.75, 3.05) is 20.1 Å². The molecule has 1 fully saturated rings. The molecule has 0 aromatic heterocycles. The van der Waals surface area contributed by atoms with E-state index >= 15 is 0 Å². The fraction of sp³-hybridized carbons (Fsp3) is 0.318. The number of piperidine rings is 1. The summed E-state index contributed by atoms with van der Waals surface area (Å²) < 4.78 is 26.6. The fourth-order valence-corrected chi connectivity index (χ4v) is 4.86. The lowest BCUT2D eigenvalue weighted by Crippen LogP contribution is -2.42. The lowest BCUT2D eigenvalue weighted by atomic mass is 9.96. The van der Waals surface area contributed by atoms with Gasteiger partial charge in [-0.1, -0.05) is 60.1 Å². The zero-order valence-corrected chi connectivity index (χ0v) is 17.9. The van der Waals surface area contributed by atoms with Crippen molar-refractivity contribution in [3.05, 3.63) is 76.2 Å². The first kappa shape index (κ1) is 21.6. The molecule has 29 heavy (non-hydrogen) atoms. The van der Waals surface area contributed by atoms with Gasteiger partial charge in [-0.2, -0.15) is 4.31 Å². The number of rotatable bonds is 6. The van der Waals surface area contributed by atoms with Gasteiger partial charge in [-0.25, -0.2) is 8.42 Å². The van der Waals surface area contributed by atoms with E-state index in [9.17, 15) is 13.2 Å². The number of carbonyl (C=O) groups is 1. The van der Waals surface area contributed by atoms with Crippen LogP contribution in [0.5, 0.6) is 0 Å². The van der Waals surface area contributed by atoms with Crippen molar-refractivity contribution in [1.82, 2.24) is 9.21 Å². The van der Waals surface area contributed by atoms with Crippen molar-refractivity contribution in [1.29, 1.82) is 0 Å². The molecule has 1 aliphatic heterocycles. The lowest BCUT2D eigenvalue weighted by molar-refractivity contribution is -0.135. The van der Waals surface area contributed by atoms with E-state index in [1.807, 2.05) is 54.6 Å². The third-order valence-electron chi connectivity index (χ3n) is 5.14. The van der Waals surface area contributed by atoms with Crippen LogP contribution in [0.4, 0.5) is 0 Å². The van der Waals surface area contributed by atoms with Gasteiger partial charge in [0.15, 0.2) is 0 Å². The SMILES string of the molecule is CN(Cc1ccccc1Cl)C(=O)C1CCN(S(=O)(=O)C=Cc2ccccc2)CC1. The topological polar surface area (TPSA) is 57.7 Å². The predicted molar refractivity (Wildman–Crippen MR) is 117 cm³/mol. The highest BCUT2D eigenvalue weighted by Gasteiger charge is 2.31. The minimum absolute atomic E-state index is 0.0294. The number of benzene rings is 2. The van der Waals surface area contributed by atoms with Gasteiger partial charge in [0.25, 0.3) is 0 Å². The standard InChI is InChI=1S/C22H25ClN2O3S/c1-24(17-20-9-5-6-10-21(20)23)22(26)19-11-14-25(15-12-19)29(27,28)16-13-18-7-3-2-4-8-18/h2-10,13,16,19H,11-12,14-15,17H2,1H3. The fourth-order valence-electron chi connectivity index (χ4n) is 3.44. The largest absolute Gasteiger partial charge is 0.341 e. The summed E-state index contributed by atoms with van der Waals surface area (Å²) in [5.74, 6) is -0.145. The van der Waals surface area contributed by atoms with Gasteiger partial charge in [0, 0.05) is 43.0 Å². The van der Waals surface area contributed by atoms with Crippen molar-refractivity contribution < 1.29 is 13.2 Å². The second-order valence-electron chi connectivity index (χ2n) is 7.22. The monoisotopic (exact) mass is 432 g/mol. The van der Waals surface area contributed by atoms with Crippen LogP contribution in [-0.4, -0.2) is 43.7 Å². The predicted octanol–water partition coefficient (Wildman–Crippen LogP) is 4.01. The zero-order valence-electron chi connectivity index (χ0n) is 16.4. The zero-order chi connectivity index (χ0) is 20.9. The first-order valence-electron chi connectivity index (χ1n) is 9.58. The van der Waals surface area contributed by atoms with Gasteiger partial charge in [0.2, 0.25) is 15.9 Å². The van der Waals surface area contributed by atoms with Gasteiger partial charge in [-0.05, 0) is 36.1 Å². The third kappa shape index (κ3) is 5.69. The molecule has 0 unspecified atom stereocenters. The molecule has 3 rings (SSSR count). The first-order chi connectivity index (χ1) is 13.9. The van der Waals surface area contributed by atoms with Crippen LogP contribution in [0.1, 0.15) is 24.0 Å². The molecule has 1 aliphatic rings. The molecule has 0 spiro atoms. The second-order valence-corrected chi connectivity index (χ2v) is 9.44. The van der Waals surface area contributed by atoms with E-state index in [1.165, 1.54) is 9.71 Å². The lowest BCUT2D eigenvalue weighted by Gasteiger charge is -2.32. The van der Waals surface area contributed by atoms with Crippen LogP contribution in [0.2, 0.25) is 5.02 Å². The molecule has 0 radical (unpaired) electrons. The van der Waals surface area contributed by atoms with E-state index in [1.54, 1.807) is 18.0 Å². The molecule has 1 saturated heterocycles. The molecule has 5 nitrogen and oxygen atoms in total. The number of amides is 1. The Morgan fingerprint density at radius 1 is 1.10 bits per heavy atom. The van der Waals surface area contributed by atoms with Crippen molar-refractivity contribution >= 4 is 33.6 Å². The molecule has 0 bridgehead atoms. The minimum atomic E-state index is -3.49. The van der Waals surface area contributed by atoms with Crippen molar-refractivity contribution in [3.8, 4) is 0 Å². The Morgan fingerprint density at radius 2 is 1.72 bits per heavy atom. The molecule has 2 aromatic rings. The summed E-state index contributed by atoms with van der Waals surface area (Å²) in [6.07, 6.45) is 2.64. The number of sulfonamides is 1. The van der Waals surface area contributed by atoms with Gasteiger partial charge in [-0.3, -0.25) is 4.79 Å². The van der Waals surface area contributed by atoms with Crippen LogP contribution in [0.15, 0.2) is 60.0 Å².